The van der Waals surface area contributed by atoms with Crippen LogP contribution in [0.25, 0.3) is 0 Å². The number of hydrogen-bond acceptors (Lipinski definition) is 4. The van der Waals surface area contributed by atoms with Crippen LogP contribution in [0.15, 0.2) is 49.1 Å². The van der Waals surface area contributed by atoms with Crippen molar-refractivity contribution < 1.29 is 9.53 Å². The van der Waals surface area contributed by atoms with Gasteiger partial charge in [-0.15, -0.1) is 0 Å². The smallest absolute Gasteiger partial charge is 0.410 e. The number of carbonyl (C=O) groups is 1. The van der Waals surface area contributed by atoms with Crippen molar-refractivity contribution in [2.24, 2.45) is 0 Å². The lowest BCUT2D eigenvalue weighted by Crippen LogP contribution is -2.52. The highest BCUT2D eigenvalue weighted by Gasteiger charge is 2.34. The van der Waals surface area contributed by atoms with Crippen molar-refractivity contribution in [2.75, 3.05) is 13.1 Å². The van der Waals surface area contributed by atoms with Gasteiger partial charge in [-0.05, 0) is 32.8 Å². The van der Waals surface area contributed by atoms with Crippen LogP contribution in [0.3, 0.4) is 0 Å². The van der Waals surface area contributed by atoms with Gasteiger partial charge in [-0.25, -0.2) is 9.78 Å². The van der Waals surface area contributed by atoms with E-state index in [0.717, 1.165) is 13.0 Å². The highest BCUT2D eigenvalue weighted by molar-refractivity contribution is 5.68. The number of carbonyl (C=O) groups excluding carboxylic acids is 1. The van der Waals surface area contributed by atoms with Crippen molar-refractivity contribution in [1.29, 1.82) is 0 Å². The summed E-state index contributed by atoms with van der Waals surface area (Å²) in [7, 11) is 0. The number of ether oxygens (including phenoxy) is 1. The highest BCUT2D eigenvalue weighted by Crippen LogP contribution is 2.24. The van der Waals surface area contributed by atoms with Crippen LogP contribution in [0.1, 0.15) is 38.8 Å². The van der Waals surface area contributed by atoms with E-state index in [1.807, 2.05) is 39.4 Å². The van der Waals surface area contributed by atoms with Gasteiger partial charge in [0, 0.05) is 38.1 Å². The van der Waals surface area contributed by atoms with Crippen LogP contribution in [0, 0.1) is 0 Å². The predicted molar refractivity (Wildman–Crippen MR) is 101 cm³/mol. The molecule has 0 saturated carbocycles. The predicted octanol–water partition coefficient (Wildman–Crippen LogP) is 3.22. The van der Waals surface area contributed by atoms with Crippen LogP contribution in [0.4, 0.5) is 4.79 Å². The zero-order chi connectivity index (χ0) is 18.6. The molecule has 3 rings (SSSR count). The molecule has 2 aromatic rings. The maximum atomic E-state index is 12.5. The first-order valence-electron chi connectivity index (χ1n) is 9.15. The molecule has 1 saturated heterocycles. The van der Waals surface area contributed by atoms with Crippen LogP contribution >= 0.6 is 0 Å². The lowest BCUT2D eigenvalue weighted by molar-refractivity contribution is 0.0140. The Bertz CT molecular complexity index is 694. The van der Waals surface area contributed by atoms with Crippen molar-refractivity contribution in [1.82, 2.24) is 19.8 Å². The van der Waals surface area contributed by atoms with Gasteiger partial charge in [0.1, 0.15) is 5.60 Å². The minimum Gasteiger partial charge on any atom is -0.444 e. The van der Waals surface area contributed by atoms with E-state index in [9.17, 15) is 4.79 Å². The van der Waals surface area contributed by atoms with E-state index in [0.29, 0.717) is 13.1 Å². The van der Waals surface area contributed by atoms with Crippen LogP contribution < -0.4 is 5.32 Å². The average molecular weight is 356 g/mol. The molecular weight excluding hydrogens is 328 g/mol. The van der Waals surface area contributed by atoms with Crippen LogP contribution in [-0.4, -0.2) is 45.3 Å². The second-order valence-corrected chi connectivity index (χ2v) is 7.77. The number of rotatable bonds is 4. The number of piperidine rings is 1. The van der Waals surface area contributed by atoms with Gasteiger partial charge in [0.05, 0.1) is 12.4 Å². The molecule has 1 aromatic carbocycles. The summed E-state index contributed by atoms with van der Waals surface area (Å²) in [5.74, 6) is 0. The normalized spacial score (nSPS) is 20.8. The molecule has 140 valence electrons. The number of hydrogen-bond donors (Lipinski definition) is 1. The molecule has 1 fully saturated rings. The third kappa shape index (κ3) is 4.85. The number of benzene rings is 1. The Labute approximate surface area is 155 Å². The molecule has 1 aliphatic heterocycles. The first-order valence-corrected chi connectivity index (χ1v) is 9.15. The minimum atomic E-state index is -0.482. The molecule has 2 atom stereocenters. The number of nitrogens with zero attached hydrogens (tertiary/aromatic N) is 3. The number of amides is 1. The Kier molecular flexibility index (Phi) is 5.61. The number of nitrogens with one attached hydrogen (secondary N) is 1. The lowest BCUT2D eigenvalue weighted by atomic mass is 9.98. The van der Waals surface area contributed by atoms with Gasteiger partial charge in [-0.3, -0.25) is 0 Å². The third-order valence-corrected chi connectivity index (χ3v) is 4.55. The summed E-state index contributed by atoms with van der Waals surface area (Å²) in [4.78, 5) is 18.5. The topological polar surface area (TPSA) is 59.4 Å². The zero-order valence-electron chi connectivity index (χ0n) is 15.8. The molecule has 1 aromatic heterocycles. The van der Waals surface area contributed by atoms with E-state index in [1.165, 1.54) is 5.56 Å². The van der Waals surface area contributed by atoms with Gasteiger partial charge in [0.15, 0.2) is 0 Å². The first-order chi connectivity index (χ1) is 12.4. The maximum Gasteiger partial charge on any atom is 0.410 e. The Hall–Kier alpha value is -2.34. The summed E-state index contributed by atoms with van der Waals surface area (Å²) in [5, 5.41) is 3.66. The standard InChI is InChI=1S/C20H28N4O2/c1-20(2,3)26-19(25)23-11-9-17(18(14-23)24-12-10-21-15-24)22-13-16-7-5-4-6-8-16/h4-8,10,12,15,17-18,22H,9,11,13-14H2,1-3H3. The minimum absolute atomic E-state index is 0.127. The molecule has 1 N–H and O–H groups in total. The summed E-state index contributed by atoms with van der Waals surface area (Å²) in [6, 6.07) is 10.8. The average Bonchev–Trinajstić information content (AvgIpc) is 3.14. The van der Waals surface area contributed by atoms with Gasteiger partial charge in [0.25, 0.3) is 0 Å². The summed E-state index contributed by atoms with van der Waals surface area (Å²) < 4.78 is 7.63. The van der Waals surface area contributed by atoms with Crippen LogP contribution in [-0.2, 0) is 11.3 Å². The summed E-state index contributed by atoms with van der Waals surface area (Å²) in [5.41, 5.74) is 0.774. The van der Waals surface area contributed by atoms with E-state index in [-0.39, 0.29) is 18.2 Å². The highest BCUT2D eigenvalue weighted by atomic mass is 16.6. The summed E-state index contributed by atoms with van der Waals surface area (Å²) in [6.07, 6.45) is 6.18. The van der Waals surface area contributed by atoms with Crippen molar-refractivity contribution in [2.45, 2.75) is 51.4 Å². The molecule has 1 aliphatic rings. The van der Waals surface area contributed by atoms with Crippen LogP contribution in [0.2, 0.25) is 0 Å². The van der Waals surface area contributed by atoms with Crippen molar-refractivity contribution in [3.8, 4) is 0 Å². The van der Waals surface area contributed by atoms with E-state index in [2.05, 4.69) is 39.1 Å². The molecular formula is C20H28N4O2. The summed E-state index contributed by atoms with van der Waals surface area (Å²) in [6.45, 7) is 7.79. The maximum absolute atomic E-state index is 12.5. The summed E-state index contributed by atoms with van der Waals surface area (Å²) >= 11 is 0. The molecule has 0 aliphatic carbocycles. The van der Waals surface area contributed by atoms with Crippen LogP contribution in [0.5, 0.6) is 0 Å². The number of likely N-dealkylation sites (tertiary alicyclic amines) is 1. The molecule has 1 amide bonds. The van der Waals surface area contributed by atoms with E-state index < -0.39 is 5.60 Å². The van der Waals surface area contributed by atoms with E-state index >= 15 is 0 Å². The van der Waals surface area contributed by atoms with E-state index in [4.69, 9.17) is 4.74 Å². The van der Waals surface area contributed by atoms with Crippen molar-refractivity contribution in [3.05, 3.63) is 54.6 Å². The first kappa shape index (κ1) is 18.5. The second kappa shape index (κ2) is 7.91. The molecule has 2 heterocycles. The quantitative estimate of drug-likeness (QED) is 0.914. The van der Waals surface area contributed by atoms with E-state index in [1.54, 1.807) is 11.1 Å². The largest absolute Gasteiger partial charge is 0.444 e. The van der Waals surface area contributed by atoms with Crippen molar-refractivity contribution >= 4 is 6.09 Å². The monoisotopic (exact) mass is 356 g/mol. The van der Waals surface area contributed by atoms with Gasteiger partial charge >= 0.3 is 6.09 Å². The SMILES string of the molecule is CC(C)(C)OC(=O)N1CCC(NCc2ccccc2)C(n2ccnc2)C1. The number of imidazole rings is 1. The molecule has 2 unspecified atom stereocenters. The Morgan fingerprint density at radius 3 is 2.73 bits per heavy atom. The zero-order valence-corrected chi connectivity index (χ0v) is 15.8. The molecule has 0 spiro atoms. The van der Waals surface area contributed by atoms with Gasteiger partial charge in [-0.1, -0.05) is 30.3 Å². The van der Waals surface area contributed by atoms with Gasteiger partial charge in [-0.2, -0.15) is 0 Å². The second-order valence-electron chi connectivity index (χ2n) is 7.77. The van der Waals surface area contributed by atoms with Crippen molar-refractivity contribution in [3.63, 3.8) is 0 Å². The number of aromatic nitrogens is 2. The Morgan fingerprint density at radius 1 is 1.31 bits per heavy atom. The molecule has 6 nitrogen and oxygen atoms in total. The fourth-order valence-corrected chi connectivity index (χ4v) is 3.27. The molecule has 26 heavy (non-hydrogen) atoms. The molecule has 0 radical (unpaired) electrons. The van der Waals surface area contributed by atoms with Gasteiger partial charge in [0.2, 0.25) is 0 Å². The third-order valence-electron chi connectivity index (χ3n) is 4.55. The molecule has 0 bridgehead atoms. The Morgan fingerprint density at radius 2 is 2.08 bits per heavy atom. The van der Waals surface area contributed by atoms with Gasteiger partial charge < -0.3 is 19.5 Å². The lowest BCUT2D eigenvalue weighted by Gasteiger charge is -2.40. The Balaban J connectivity index is 1.67. The fourth-order valence-electron chi connectivity index (χ4n) is 3.27. The fraction of sp³-hybridized carbons (Fsp3) is 0.500. The molecule has 6 heteroatoms.